The van der Waals surface area contributed by atoms with E-state index in [9.17, 15) is 9.59 Å². The largest absolute Gasteiger partial charge is 0.497 e. The van der Waals surface area contributed by atoms with Crippen LogP contribution in [0.1, 0.15) is 40.4 Å². The van der Waals surface area contributed by atoms with Crippen LogP contribution in [-0.2, 0) is 11.3 Å². The standard InChI is InChI=1S/C27H30N4O3/c1-34-24-9-7-22(8-10-24)26(32)30-25(21-5-3-2-4-6-21)27(33)31-17-13-23(14-18-31)29-19-20-11-15-28-16-12-20/h2-12,15-16,23,25,29H,13-14,17-19H2,1H3,(H,30,32)/t25-/m1/s1. The monoisotopic (exact) mass is 458 g/mol. The molecular weight excluding hydrogens is 428 g/mol. The molecule has 1 fully saturated rings. The Labute approximate surface area is 200 Å². The topological polar surface area (TPSA) is 83.6 Å². The molecule has 0 spiro atoms. The minimum atomic E-state index is -0.739. The summed E-state index contributed by atoms with van der Waals surface area (Å²) >= 11 is 0. The first kappa shape index (κ1) is 23.4. The van der Waals surface area contributed by atoms with Crippen LogP contribution in [0.15, 0.2) is 79.1 Å². The van der Waals surface area contributed by atoms with Crippen LogP contribution in [0.5, 0.6) is 5.75 Å². The van der Waals surface area contributed by atoms with E-state index in [4.69, 9.17) is 4.74 Å². The van der Waals surface area contributed by atoms with Crippen LogP contribution in [-0.4, -0.2) is 47.9 Å². The number of carbonyl (C=O) groups is 2. The van der Waals surface area contributed by atoms with Gasteiger partial charge in [0.25, 0.3) is 5.91 Å². The Morgan fingerprint density at radius 3 is 2.32 bits per heavy atom. The van der Waals surface area contributed by atoms with E-state index in [1.54, 1.807) is 43.8 Å². The van der Waals surface area contributed by atoms with E-state index in [-0.39, 0.29) is 11.8 Å². The molecule has 0 radical (unpaired) electrons. The summed E-state index contributed by atoms with van der Waals surface area (Å²) in [6.07, 6.45) is 5.32. The van der Waals surface area contributed by atoms with Crippen LogP contribution >= 0.6 is 0 Å². The predicted octanol–water partition coefficient (Wildman–Crippen LogP) is 3.34. The number of likely N-dealkylation sites (tertiary alicyclic amines) is 1. The van der Waals surface area contributed by atoms with Gasteiger partial charge in [0.2, 0.25) is 5.91 Å². The molecule has 7 nitrogen and oxygen atoms in total. The van der Waals surface area contributed by atoms with Crippen molar-refractivity contribution < 1.29 is 14.3 Å². The van der Waals surface area contributed by atoms with Crippen molar-refractivity contribution >= 4 is 11.8 Å². The number of ether oxygens (including phenoxy) is 1. The average Bonchev–Trinajstić information content (AvgIpc) is 2.91. The SMILES string of the molecule is COc1ccc(C(=O)N[C@@H](C(=O)N2CCC(NCc3ccncc3)CC2)c2ccccc2)cc1. The second-order valence-electron chi connectivity index (χ2n) is 8.38. The van der Waals surface area contributed by atoms with E-state index in [1.807, 2.05) is 47.4 Å². The number of benzene rings is 2. The zero-order chi connectivity index (χ0) is 23.8. The number of hydrogen-bond donors (Lipinski definition) is 2. The zero-order valence-electron chi connectivity index (χ0n) is 19.3. The van der Waals surface area contributed by atoms with Gasteiger partial charge in [0.1, 0.15) is 11.8 Å². The molecule has 2 aromatic carbocycles. The number of nitrogens with zero attached hydrogens (tertiary/aromatic N) is 2. The number of nitrogens with one attached hydrogen (secondary N) is 2. The summed E-state index contributed by atoms with van der Waals surface area (Å²) < 4.78 is 5.17. The number of aromatic nitrogens is 1. The molecule has 0 bridgehead atoms. The lowest BCUT2D eigenvalue weighted by Crippen LogP contribution is -2.49. The van der Waals surface area contributed by atoms with Crippen LogP contribution < -0.4 is 15.4 Å². The molecule has 1 aliphatic rings. The van der Waals surface area contributed by atoms with Crippen LogP contribution in [0.3, 0.4) is 0 Å². The van der Waals surface area contributed by atoms with Crippen molar-refractivity contribution in [3.63, 3.8) is 0 Å². The van der Waals surface area contributed by atoms with Gasteiger partial charge in [-0.3, -0.25) is 14.6 Å². The highest BCUT2D eigenvalue weighted by molar-refractivity contribution is 5.98. The van der Waals surface area contributed by atoms with Gasteiger partial charge in [-0.2, -0.15) is 0 Å². The molecule has 2 N–H and O–H groups in total. The summed E-state index contributed by atoms with van der Waals surface area (Å²) in [7, 11) is 1.58. The Balaban J connectivity index is 1.39. The van der Waals surface area contributed by atoms with Crippen LogP contribution in [0.4, 0.5) is 0 Å². The maximum absolute atomic E-state index is 13.5. The average molecular weight is 459 g/mol. The highest BCUT2D eigenvalue weighted by Crippen LogP contribution is 2.21. The number of pyridine rings is 1. The minimum Gasteiger partial charge on any atom is -0.497 e. The minimum absolute atomic E-state index is 0.0827. The number of amides is 2. The highest BCUT2D eigenvalue weighted by atomic mass is 16.5. The molecule has 0 aliphatic carbocycles. The Kier molecular flexibility index (Phi) is 7.88. The molecule has 2 amide bonds. The van der Waals surface area contributed by atoms with Gasteiger partial charge in [-0.1, -0.05) is 30.3 Å². The smallest absolute Gasteiger partial charge is 0.252 e. The van der Waals surface area contributed by atoms with Crippen LogP contribution in [0, 0.1) is 0 Å². The third-order valence-corrected chi connectivity index (χ3v) is 6.16. The fourth-order valence-corrected chi connectivity index (χ4v) is 4.14. The molecule has 1 atom stereocenters. The molecule has 34 heavy (non-hydrogen) atoms. The molecule has 0 saturated carbocycles. The lowest BCUT2D eigenvalue weighted by Gasteiger charge is -2.35. The Morgan fingerprint density at radius 2 is 1.68 bits per heavy atom. The van der Waals surface area contributed by atoms with Gasteiger partial charge in [-0.15, -0.1) is 0 Å². The quantitative estimate of drug-likeness (QED) is 0.541. The maximum atomic E-state index is 13.5. The van der Waals surface area contributed by atoms with E-state index >= 15 is 0 Å². The van der Waals surface area contributed by atoms with Crippen LogP contribution in [0.2, 0.25) is 0 Å². The molecule has 176 valence electrons. The summed E-state index contributed by atoms with van der Waals surface area (Å²) in [5.41, 5.74) is 2.44. The van der Waals surface area contributed by atoms with Crippen molar-refractivity contribution in [1.82, 2.24) is 20.5 Å². The Morgan fingerprint density at radius 1 is 1.00 bits per heavy atom. The molecular formula is C27H30N4O3. The van der Waals surface area contributed by atoms with E-state index < -0.39 is 6.04 Å². The number of hydrogen-bond acceptors (Lipinski definition) is 5. The second kappa shape index (κ2) is 11.4. The van der Waals surface area contributed by atoms with E-state index in [2.05, 4.69) is 15.6 Å². The lowest BCUT2D eigenvalue weighted by atomic mass is 10.0. The first-order chi connectivity index (χ1) is 16.6. The third kappa shape index (κ3) is 5.99. The predicted molar refractivity (Wildman–Crippen MR) is 130 cm³/mol. The molecule has 2 heterocycles. The van der Waals surface area contributed by atoms with Crippen molar-refractivity contribution in [2.45, 2.75) is 31.5 Å². The molecule has 3 aromatic rings. The fourth-order valence-electron chi connectivity index (χ4n) is 4.14. The van der Waals surface area contributed by atoms with Gasteiger partial charge in [0.15, 0.2) is 0 Å². The van der Waals surface area contributed by atoms with E-state index in [0.717, 1.165) is 24.9 Å². The second-order valence-corrected chi connectivity index (χ2v) is 8.38. The number of piperidine rings is 1. The third-order valence-electron chi connectivity index (χ3n) is 6.16. The van der Waals surface area contributed by atoms with E-state index in [1.165, 1.54) is 5.56 Å². The number of rotatable bonds is 8. The normalized spacial score (nSPS) is 14.9. The summed E-state index contributed by atoms with van der Waals surface area (Å²) in [5.74, 6) is 0.298. The molecule has 7 heteroatoms. The van der Waals surface area contributed by atoms with Gasteiger partial charge < -0.3 is 20.3 Å². The number of carbonyl (C=O) groups excluding carboxylic acids is 2. The molecule has 4 rings (SSSR count). The molecule has 1 aliphatic heterocycles. The van der Waals surface area contributed by atoms with Gasteiger partial charge in [0.05, 0.1) is 7.11 Å². The lowest BCUT2D eigenvalue weighted by molar-refractivity contribution is -0.134. The summed E-state index contributed by atoms with van der Waals surface area (Å²) in [4.78, 5) is 32.4. The van der Waals surface area contributed by atoms with Crippen molar-refractivity contribution in [1.29, 1.82) is 0 Å². The number of methoxy groups -OCH3 is 1. The summed E-state index contributed by atoms with van der Waals surface area (Å²) in [5, 5.41) is 6.53. The van der Waals surface area contributed by atoms with Crippen molar-refractivity contribution in [2.24, 2.45) is 0 Å². The van der Waals surface area contributed by atoms with E-state index in [0.29, 0.717) is 30.4 Å². The summed E-state index contributed by atoms with van der Waals surface area (Å²) in [6.45, 7) is 2.08. The first-order valence-electron chi connectivity index (χ1n) is 11.5. The molecule has 1 saturated heterocycles. The maximum Gasteiger partial charge on any atom is 0.252 e. The van der Waals surface area contributed by atoms with Crippen molar-refractivity contribution in [2.75, 3.05) is 20.2 Å². The van der Waals surface area contributed by atoms with Gasteiger partial charge in [0, 0.05) is 43.6 Å². The highest BCUT2D eigenvalue weighted by Gasteiger charge is 2.30. The van der Waals surface area contributed by atoms with Gasteiger partial charge >= 0.3 is 0 Å². The van der Waals surface area contributed by atoms with Crippen molar-refractivity contribution in [3.05, 3.63) is 95.8 Å². The Bertz CT molecular complexity index is 1070. The van der Waals surface area contributed by atoms with Crippen molar-refractivity contribution in [3.8, 4) is 5.75 Å². The fraction of sp³-hybridized carbons (Fsp3) is 0.296. The Hall–Kier alpha value is -3.71. The van der Waals surface area contributed by atoms with Crippen LogP contribution in [0.25, 0.3) is 0 Å². The van der Waals surface area contributed by atoms with Gasteiger partial charge in [-0.05, 0) is 60.4 Å². The summed E-state index contributed by atoms with van der Waals surface area (Å²) in [6, 6.07) is 19.9. The van der Waals surface area contributed by atoms with Gasteiger partial charge in [-0.25, -0.2) is 0 Å². The zero-order valence-corrected chi connectivity index (χ0v) is 19.3. The molecule has 0 unspecified atom stereocenters. The first-order valence-corrected chi connectivity index (χ1v) is 11.5. The molecule has 1 aromatic heterocycles.